The number of aromatic nitrogens is 1. The predicted molar refractivity (Wildman–Crippen MR) is 86.4 cm³/mol. The molecule has 1 aliphatic carbocycles. The number of hydrogen-bond acceptors (Lipinski definition) is 3. The Morgan fingerprint density at radius 1 is 1.45 bits per heavy atom. The highest BCUT2D eigenvalue weighted by atomic mass is 16.6. The quantitative estimate of drug-likeness (QED) is 0.856. The van der Waals surface area contributed by atoms with Gasteiger partial charge in [-0.1, -0.05) is 25.1 Å². The number of ether oxygens (including phenoxy) is 1. The average molecular weight is 298 g/mol. The molecule has 0 bridgehead atoms. The van der Waals surface area contributed by atoms with Crippen LogP contribution in [0.4, 0.5) is 4.79 Å². The summed E-state index contributed by atoms with van der Waals surface area (Å²) < 4.78 is 5.39. The van der Waals surface area contributed by atoms with Gasteiger partial charge >= 0.3 is 6.09 Å². The molecule has 1 aliphatic heterocycles. The molecule has 3 rings (SSSR count). The lowest BCUT2D eigenvalue weighted by molar-refractivity contribution is 0.0708. The Bertz CT molecular complexity index is 634. The Hall–Kier alpha value is -2.10. The second kappa shape index (κ2) is 6.34. The first-order chi connectivity index (χ1) is 10.7. The van der Waals surface area contributed by atoms with Crippen LogP contribution in [0.5, 0.6) is 0 Å². The number of rotatable bonds is 3. The van der Waals surface area contributed by atoms with Crippen molar-refractivity contribution in [2.45, 2.75) is 39.2 Å². The monoisotopic (exact) mass is 298 g/mol. The minimum absolute atomic E-state index is 0.0200. The maximum absolute atomic E-state index is 12.0. The van der Waals surface area contributed by atoms with E-state index in [1.54, 1.807) is 4.90 Å². The Morgan fingerprint density at radius 3 is 3.05 bits per heavy atom. The number of carbonyl (C=O) groups excluding carboxylic acids is 1. The molecule has 1 aromatic rings. The first kappa shape index (κ1) is 14.8. The highest BCUT2D eigenvalue weighted by molar-refractivity contribution is 5.83. The molecule has 0 fully saturated rings. The molecular formula is C18H22N2O2. The fraction of sp³-hybridized carbons (Fsp3) is 0.444. The van der Waals surface area contributed by atoms with E-state index in [9.17, 15) is 4.79 Å². The second-order valence-corrected chi connectivity index (χ2v) is 5.85. The fourth-order valence-corrected chi connectivity index (χ4v) is 2.87. The summed E-state index contributed by atoms with van der Waals surface area (Å²) in [6.07, 6.45) is 8.64. The summed E-state index contributed by atoms with van der Waals surface area (Å²) in [6.45, 7) is 5.28. The second-order valence-electron chi connectivity index (χ2n) is 5.85. The summed E-state index contributed by atoms with van der Waals surface area (Å²) in [5.41, 5.74) is 5.00. The molecule has 1 aromatic heterocycles. The lowest BCUT2D eigenvalue weighted by Gasteiger charge is -2.27. The summed E-state index contributed by atoms with van der Waals surface area (Å²) in [5, 5.41) is 0. The van der Waals surface area contributed by atoms with Crippen LogP contribution < -0.4 is 0 Å². The molecule has 4 heteroatoms. The van der Waals surface area contributed by atoms with E-state index in [0.29, 0.717) is 13.1 Å². The van der Waals surface area contributed by atoms with Gasteiger partial charge in [0.25, 0.3) is 0 Å². The van der Waals surface area contributed by atoms with Gasteiger partial charge in [0.15, 0.2) is 0 Å². The summed E-state index contributed by atoms with van der Waals surface area (Å²) in [6, 6.07) is 4.11. The van der Waals surface area contributed by atoms with Crippen LogP contribution in [0.25, 0.3) is 5.57 Å². The third kappa shape index (κ3) is 2.91. The molecule has 2 aliphatic rings. The normalized spacial score (nSPS) is 18.4. The van der Waals surface area contributed by atoms with E-state index >= 15 is 0 Å². The number of hydrogen-bond donors (Lipinski definition) is 0. The first-order valence-corrected chi connectivity index (χ1v) is 7.98. The van der Waals surface area contributed by atoms with Crippen LogP contribution >= 0.6 is 0 Å². The van der Waals surface area contributed by atoms with E-state index in [1.807, 2.05) is 26.1 Å². The van der Waals surface area contributed by atoms with Crippen molar-refractivity contribution in [3.05, 3.63) is 47.3 Å². The molecule has 0 saturated carbocycles. The van der Waals surface area contributed by atoms with Gasteiger partial charge in [0.1, 0.15) is 6.10 Å². The molecule has 22 heavy (non-hydrogen) atoms. The summed E-state index contributed by atoms with van der Waals surface area (Å²) in [7, 11) is 0. The van der Waals surface area contributed by atoms with Gasteiger partial charge in [0.2, 0.25) is 0 Å². The van der Waals surface area contributed by atoms with Crippen LogP contribution in [0, 0.1) is 0 Å². The van der Waals surface area contributed by atoms with Crippen molar-refractivity contribution < 1.29 is 9.53 Å². The average Bonchev–Trinajstić information content (AvgIpc) is 2.99. The zero-order chi connectivity index (χ0) is 15.5. The molecule has 1 unspecified atom stereocenters. The van der Waals surface area contributed by atoms with Gasteiger partial charge in [-0.25, -0.2) is 4.79 Å². The zero-order valence-corrected chi connectivity index (χ0v) is 13.2. The predicted octanol–water partition coefficient (Wildman–Crippen LogP) is 3.59. The van der Waals surface area contributed by atoms with Crippen molar-refractivity contribution in [2.75, 3.05) is 13.1 Å². The van der Waals surface area contributed by atoms with Crippen LogP contribution in [0.1, 0.15) is 37.9 Å². The maximum Gasteiger partial charge on any atom is 0.410 e. The maximum atomic E-state index is 12.0. The van der Waals surface area contributed by atoms with Crippen LogP contribution in [0.3, 0.4) is 0 Å². The molecule has 1 amide bonds. The number of fused-ring (bicyclic) bond motifs is 1. The van der Waals surface area contributed by atoms with E-state index in [2.05, 4.69) is 23.2 Å². The molecule has 116 valence electrons. The summed E-state index contributed by atoms with van der Waals surface area (Å²) >= 11 is 0. The third-order valence-corrected chi connectivity index (χ3v) is 4.37. The zero-order valence-electron chi connectivity index (χ0n) is 13.2. The summed E-state index contributed by atoms with van der Waals surface area (Å²) in [5.74, 6) is 0. The highest BCUT2D eigenvalue weighted by Crippen LogP contribution is 2.34. The SMILES string of the molecule is CCC(C)OC(=O)N1CC=C(C2=CCc3ncccc32)CC1. The molecule has 0 radical (unpaired) electrons. The Kier molecular flexibility index (Phi) is 4.27. The fourth-order valence-electron chi connectivity index (χ4n) is 2.87. The van der Waals surface area contributed by atoms with E-state index in [1.165, 1.54) is 16.7 Å². The van der Waals surface area contributed by atoms with Crippen LogP contribution in [0.15, 0.2) is 36.1 Å². The minimum atomic E-state index is -0.202. The van der Waals surface area contributed by atoms with Gasteiger partial charge < -0.3 is 9.64 Å². The minimum Gasteiger partial charge on any atom is -0.446 e. The Labute approximate surface area is 131 Å². The van der Waals surface area contributed by atoms with E-state index in [-0.39, 0.29) is 12.2 Å². The van der Waals surface area contributed by atoms with Crippen molar-refractivity contribution in [1.82, 2.24) is 9.88 Å². The van der Waals surface area contributed by atoms with Crippen LogP contribution in [0.2, 0.25) is 0 Å². The van der Waals surface area contributed by atoms with Crippen LogP contribution in [-0.4, -0.2) is 35.2 Å². The third-order valence-electron chi connectivity index (χ3n) is 4.37. The van der Waals surface area contributed by atoms with E-state index < -0.39 is 0 Å². The standard InChI is InChI=1S/C18H22N2O2/c1-3-13(2)22-18(21)20-11-8-14(9-12-20)15-6-7-17-16(15)5-4-10-19-17/h4-6,8,10,13H,3,7,9,11-12H2,1-2H3. The molecule has 2 heterocycles. The van der Waals surface area contributed by atoms with Crippen molar-refractivity contribution >= 4 is 11.7 Å². The van der Waals surface area contributed by atoms with Gasteiger partial charge in [-0.05, 0) is 37.0 Å². The topological polar surface area (TPSA) is 42.4 Å². The highest BCUT2D eigenvalue weighted by Gasteiger charge is 2.24. The smallest absolute Gasteiger partial charge is 0.410 e. The molecular weight excluding hydrogens is 276 g/mol. The molecule has 0 spiro atoms. The number of allylic oxidation sites excluding steroid dienone is 2. The van der Waals surface area contributed by atoms with Gasteiger partial charge in [-0.3, -0.25) is 4.98 Å². The van der Waals surface area contributed by atoms with Crippen molar-refractivity contribution in [2.24, 2.45) is 0 Å². The van der Waals surface area contributed by atoms with Gasteiger partial charge in [-0.2, -0.15) is 0 Å². The first-order valence-electron chi connectivity index (χ1n) is 7.98. The van der Waals surface area contributed by atoms with Gasteiger partial charge in [0.05, 0.1) is 5.69 Å². The van der Waals surface area contributed by atoms with Gasteiger partial charge in [0, 0.05) is 31.3 Å². The molecule has 4 nitrogen and oxygen atoms in total. The lowest BCUT2D eigenvalue weighted by Crippen LogP contribution is -2.36. The molecule has 0 saturated heterocycles. The number of amides is 1. The number of carbonyl (C=O) groups is 1. The number of pyridine rings is 1. The largest absolute Gasteiger partial charge is 0.446 e. The van der Waals surface area contributed by atoms with Crippen molar-refractivity contribution in [3.8, 4) is 0 Å². The van der Waals surface area contributed by atoms with Gasteiger partial charge in [-0.15, -0.1) is 0 Å². The van der Waals surface area contributed by atoms with E-state index in [4.69, 9.17) is 4.74 Å². The Morgan fingerprint density at radius 2 is 2.32 bits per heavy atom. The van der Waals surface area contributed by atoms with Crippen LogP contribution in [-0.2, 0) is 11.2 Å². The Balaban J connectivity index is 1.67. The lowest BCUT2D eigenvalue weighted by atomic mass is 9.96. The summed E-state index contributed by atoms with van der Waals surface area (Å²) in [4.78, 5) is 18.2. The van der Waals surface area contributed by atoms with Crippen molar-refractivity contribution in [1.29, 1.82) is 0 Å². The molecule has 0 N–H and O–H groups in total. The number of nitrogens with zero attached hydrogens (tertiary/aromatic N) is 2. The molecule has 0 aromatic carbocycles. The van der Waals surface area contributed by atoms with E-state index in [0.717, 1.165) is 25.0 Å². The molecule has 1 atom stereocenters. The van der Waals surface area contributed by atoms with Crippen molar-refractivity contribution in [3.63, 3.8) is 0 Å².